The quantitative estimate of drug-likeness (QED) is 0.778. The van der Waals surface area contributed by atoms with Gasteiger partial charge in [-0.05, 0) is 12.1 Å². The second-order valence-electron chi connectivity index (χ2n) is 3.41. The Bertz CT molecular complexity index is 520. The van der Waals surface area contributed by atoms with Crippen LogP contribution < -0.4 is 5.73 Å². The van der Waals surface area contributed by atoms with E-state index in [-0.39, 0.29) is 5.69 Å². The molecule has 0 bridgehead atoms. The number of aromatic nitrogens is 2. The molecular formula is C11H8F3N3. The molecule has 0 aliphatic rings. The fourth-order valence-corrected chi connectivity index (χ4v) is 1.30. The monoisotopic (exact) mass is 239 g/mol. The molecule has 0 saturated carbocycles. The van der Waals surface area contributed by atoms with Crippen LogP contribution in [0.3, 0.4) is 0 Å². The molecule has 0 aliphatic carbocycles. The fourth-order valence-electron chi connectivity index (χ4n) is 1.30. The number of hydrogen-bond donors (Lipinski definition) is 1. The van der Waals surface area contributed by atoms with Crippen LogP contribution in [0.1, 0.15) is 5.69 Å². The van der Waals surface area contributed by atoms with Crippen LogP contribution >= 0.6 is 0 Å². The smallest absolute Gasteiger partial charge is 0.399 e. The summed E-state index contributed by atoms with van der Waals surface area (Å²) in [6.45, 7) is 0. The van der Waals surface area contributed by atoms with Crippen molar-refractivity contribution in [2.75, 3.05) is 5.73 Å². The Morgan fingerprint density at radius 2 is 1.65 bits per heavy atom. The lowest BCUT2D eigenvalue weighted by atomic mass is 10.1. The molecule has 1 aromatic heterocycles. The molecule has 2 N–H and O–H groups in total. The van der Waals surface area contributed by atoms with Crippen molar-refractivity contribution in [2.24, 2.45) is 0 Å². The number of rotatable bonds is 1. The average molecular weight is 239 g/mol. The number of nitrogen functional groups attached to an aromatic ring is 1. The minimum absolute atomic E-state index is 0.167. The van der Waals surface area contributed by atoms with Crippen molar-refractivity contribution in [3.05, 3.63) is 42.4 Å². The first kappa shape index (κ1) is 11.4. The van der Waals surface area contributed by atoms with Crippen molar-refractivity contribution in [3.63, 3.8) is 0 Å². The number of alkyl halides is 3. The summed E-state index contributed by atoms with van der Waals surface area (Å²) in [6, 6.07) is 6.38. The molecule has 6 heteroatoms. The molecule has 2 aromatic rings. The lowest BCUT2D eigenvalue weighted by Crippen LogP contribution is -2.08. The summed E-state index contributed by atoms with van der Waals surface area (Å²) < 4.78 is 37.3. The van der Waals surface area contributed by atoms with Crippen molar-refractivity contribution in [1.82, 2.24) is 9.97 Å². The fraction of sp³-hybridized carbons (Fsp3) is 0.0909. The van der Waals surface area contributed by atoms with E-state index in [0.717, 1.165) is 0 Å². The van der Waals surface area contributed by atoms with Crippen LogP contribution in [0, 0.1) is 0 Å². The van der Waals surface area contributed by atoms with Gasteiger partial charge in [-0.2, -0.15) is 13.2 Å². The highest BCUT2D eigenvalue weighted by molar-refractivity contribution is 5.61. The first-order valence-corrected chi connectivity index (χ1v) is 4.72. The lowest BCUT2D eigenvalue weighted by Gasteiger charge is -2.07. The highest BCUT2D eigenvalue weighted by Gasteiger charge is 2.33. The third-order valence-electron chi connectivity index (χ3n) is 2.13. The van der Waals surface area contributed by atoms with Crippen molar-refractivity contribution in [2.45, 2.75) is 6.18 Å². The standard InChI is InChI=1S/C11H8F3N3/c12-11(13,14)10-6-16-5-9(17-10)7-1-3-8(15)4-2-7/h1-6H,15H2. The lowest BCUT2D eigenvalue weighted by molar-refractivity contribution is -0.141. The van der Waals surface area contributed by atoms with E-state index in [2.05, 4.69) is 9.97 Å². The number of hydrogen-bond acceptors (Lipinski definition) is 3. The van der Waals surface area contributed by atoms with E-state index in [1.54, 1.807) is 24.3 Å². The molecule has 3 nitrogen and oxygen atoms in total. The van der Waals surface area contributed by atoms with Gasteiger partial charge in [-0.3, -0.25) is 4.98 Å². The first-order valence-electron chi connectivity index (χ1n) is 4.72. The number of nitrogens with two attached hydrogens (primary N) is 1. The number of nitrogens with zero attached hydrogens (tertiary/aromatic N) is 2. The summed E-state index contributed by atoms with van der Waals surface area (Å²) in [5.41, 5.74) is 5.72. The molecule has 1 aromatic carbocycles. The third-order valence-corrected chi connectivity index (χ3v) is 2.13. The summed E-state index contributed by atoms with van der Waals surface area (Å²) in [5, 5.41) is 0. The summed E-state index contributed by atoms with van der Waals surface area (Å²) >= 11 is 0. The van der Waals surface area contributed by atoms with Gasteiger partial charge in [0.25, 0.3) is 0 Å². The van der Waals surface area contributed by atoms with Crippen molar-refractivity contribution in [3.8, 4) is 11.3 Å². The van der Waals surface area contributed by atoms with Crippen LogP contribution in [-0.2, 0) is 6.18 Å². The Morgan fingerprint density at radius 1 is 1.00 bits per heavy atom. The first-order chi connectivity index (χ1) is 7.97. The summed E-state index contributed by atoms with van der Waals surface area (Å²) in [5.74, 6) is 0. The summed E-state index contributed by atoms with van der Waals surface area (Å²) in [6.07, 6.45) is -2.52. The van der Waals surface area contributed by atoms with Crippen LogP contribution in [0.5, 0.6) is 0 Å². The summed E-state index contributed by atoms with van der Waals surface area (Å²) in [4.78, 5) is 7.05. The molecule has 1 heterocycles. The average Bonchev–Trinajstić information content (AvgIpc) is 2.29. The van der Waals surface area contributed by atoms with E-state index in [4.69, 9.17) is 5.73 Å². The highest BCUT2D eigenvalue weighted by atomic mass is 19.4. The molecule has 0 amide bonds. The van der Waals surface area contributed by atoms with Crippen molar-refractivity contribution >= 4 is 5.69 Å². The van der Waals surface area contributed by atoms with Crippen molar-refractivity contribution < 1.29 is 13.2 Å². The molecule has 88 valence electrons. The molecule has 0 spiro atoms. The van der Waals surface area contributed by atoms with Gasteiger partial charge in [0.2, 0.25) is 0 Å². The van der Waals surface area contributed by atoms with Gasteiger partial charge < -0.3 is 5.73 Å². The maximum Gasteiger partial charge on any atom is 0.434 e. The normalized spacial score (nSPS) is 11.5. The van der Waals surface area contributed by atoms with Gasteiger partial charge in [-0.15, -0.1) is 0 Å². The van der Waals surface area contributed by atoms with Gasteiger partial charge in [0, 0.05) is 11.3 Å². The maximum atomic E-state index is 12.4. The molecule has 0 atom stereocenters. The molecule has 0 radical (unpaired) electrons. The molecule has 0 saturated heterocycles. The van der Waals surface area contributed by atoms with Gasteiger partial charge in [-0.1, -0.05) is 12.1 Å². The Balaban J connectivity index is 2.43. The van der Waals surface area contributed by atoms with Crippen LogP contribution in [0.2, 0.25) is 0 Å². The molecule has 2 rings (SSSR count). The molecule has 0 unspecified atom stereocenters. The van der Waals surface area contributed by atoms with Gasteiger partial charge in [0.05, 0.1) is 18.1 Å². The Hall–Kier alpha value is -2.11. The van der Waals surface area contributed by atoms with Gasteiger partial charge in [0.15, 0.2) is 5.69 Å². The minimum atomic E-state index is -4.49. The van der Waals surface area contributed by atoms with Gasteiger partial charge in [-0.25, -0.2) is 4.98 Å². The highest BCUT2D eigenvalue weighted by Crippen LogP contribution is 2.28. The molecule has 0 fully saturated rings. The largest absolute Gasteiger partial charge is 0.434 e. The number of benzene rings is 1. The zero-order valence-corrected chi connectivity index (χ0v) is 8.57. The predicted molar refractivity (Wildman–Crippen MR) is 56.9 cm³/mol. The zero-order chi connectivity index (χ0) is 12.5. The Kier molecular flexibility index (Phi) is 2.71. The van der Waals surface area contributed by atoms with Crippen LogP contribution in [0.4, 0.5) is 18.9 Å². The third kappa shape index (κ3) is 2.52. The zero-order valence-electron chi connectivity index (χ0n) is 8.57. The van der Waals surface area contributed by atoms with E-state index in [0.29, 0.717) is 17.4 Å². The van der Waals surface area contributed by atoms with Gasteiger partial charge in [0.1, 0.15) is 0 Å². The second-order valence-corrected chi connectivity index (χ2v) is 3.41. The van der Waals surface area contributed by atoms with E-state index in [1.165, 1.54) is 6.20 Å². The molecule has 0 aliphatic heterocycles. The maximum absolute atomic E-state index is 12.4. The Morgan fingerprint density at radius 3 is 2.24 bits per heavy atom. The minimum Gasteiger partial charge on any atom is -0.399 e. The van der Waals surface area contributed by atoms with Gasteiger partial charge >= 0.3 is 6.18 Å². The molecular weight excluding hydrogens is 231 g/mol. The summed E-state index contributed by atoms with van der Waals surface area (Å²) in [7, 11) is 0. The van der Waals surface area contributed by atoms with Crippen molar-refractivity contribution in [1.29, 1.82) is 0 Å². The second kappa shape index (κ2) is 4.04. The topological polar surface area (TPSA) is 51.8 Å². The van der Waals surface area contributed by atoms with Crippen LogP contribution in [0.15, 0.2) is 36.7 Å². The van der Waals surface area contributed by atoms with Crippen LogP contribution in [-0.4, -0.2) is 9.97 Å². The van der Waals surface area contributed by atoms with E-state index >= 15 is 0 Å². The number of anilines is 1. The van der Waals surface area contributed by atoms with E-state index in [9.17, 15) is 13.2 Å². The Labute approximate surface area is 95.1 Å². The predicted octanol–water partition coefficient (Wildman–Crippen LogP) is 2.74. The molecule has 17 heavy (non-hydrogen) atoms. The van der Waals surface area contributed by atoms with Crippen LogP contribution in [0.25, 0.3) is 11.3 Å². The van der Waals surface area contributed by atoms with E-state index in [1.807, 2.05) is 0 Å². The SMILES string of the molecule is Nc1ccc(-c2cncc(C(F)(F)F)n2)cc1. The van der Waals surface area contributed by atoms with E-state index < -0.39 is 11.9 Å². The number of halogens is 3.